The van der Waals surface area contributed by atoms with Crippen molar-refractivity contribution >= 4 is 11.9 Å². The Kier molecular flexibility index (Phi) is 7.84. The summed E-state index contributed by atoms with van der Waals surface area (Å²) in [6, 6.07) is 8.10. The number of guanidine groups is 1. The summed E-state index contributed by atoms with van der Waals surface area (Å²) in [7, 11) is 1.75. The predicted molar refractivity (Wildman–Crippen MR) is 118 cm³/mol. The maximum atomic E-state index is 11.4. The van der Waals surface area contributed by atoms with Gasteiger partial charge in [-0.1, -0.05) is 17.7 Å². The number of aryl methyl sites for hydroxylation is 1. The average Bonchev–Trinajstić information content (AvgIpc) is 3.23. The zero-order chi connectivity index (χ0) is 21.3. The fourth-order valence-corrected chi connectivity index (χ4v) is 3.61. The number of hydrogen-bond acceptors (Lipinski definition) is 5. The molecule has 0 aliphatic carbocycles. The van der Waals surface area contributed by atoms with Crippen LogP contribution in [0.3, 0.4) is 0 Å². The van der Waals surface area contributed by atoms with Gasteiger partial charge in [-0.2, -0.15) is 0 Å². The molecule has 1 atom stereocenters. The molecular formula is C22H32N6O2. The highest BCUT2D eigenvalue weighted by Gasteiger charge is 2.23. The molecule has 162 valence electrons. The molecule has 1 amide bonds. The van der Waals surface area contributed by atoms with Crippen molar-refractivity contribution in [2.24, 2.45) is 16.6 Å². The van der Waals surface area contributed by atoms with Crippen molar-refractivity contribution in [1.29, 1.82) is 0 Å². The number of aromatic nitrogens is 1. The van der Waals surface area contributed by atoms with E-state index in [9.17, 15) is 4.79 Å². The second-order valence-electron chi connectivity index (χ2n) is 7.76. The molecule has 1 unspecified atom stereocenters. The van der Waals surface area contributed by atoms with Crippen LogP contribution >= 0.6 is 0 Å². The van der Waals surface area contributed by atoms with E-state index in [1.807, 2.05) is 24.3 Å². The molecule has 2 heterocycles. The number of carbonyl (C=O) groups is 1. The fraction of sp³-hybridized carbons (Fsp3) is 0.500. The van der Waals surface area contributed by atoms with Gasteiger partial charge in [0.25, 0.3) is 0 Å². The highest BCUT2D eigenvalue weighted by molar-refractivity contribution is 5.79. The molecule has 4 N–H and O–H groups in total. The maximum Gasteiger partial charge on any atom is 0.226 e. The largest absolute Gasteiger partial charge is 0.444 e. The number of benzene rings is 1. The van der Waals surface area contributed by atoms with Crippen molar-refractivity contribution in [2.75, 3.05) is 33.2 Å². The normalized spacial score (nSPS) is 17.7. The second-order valence-corrected chi connectivity index (χ2v) is 7.76. The van der Waals surface area contributed by atoms with Crippen molar-refractivity contribution in [3.8, 4) is 11.5 Å². The zero-order valence-corrected chi connectivity index (χ0v) is 17.9. The lowest BCUT2D eigenvalue weighted by atomic mass is 9.97. The van der Waals surface area contributed by atoms with Crippen molar-refractivity contribution in [1.82, 2.24) is 20.5 Å². The molecule has 0 radical (unpaired) electrons. The van der Waals surface area contributed by atoms with E-state index >= 15 is 0 Å². The molecule has 30 heavy (non-hydrogen) atoms. The van der Waals surface area contributed by atoms with E-state index in [4.69, 9.17) is 10.2 Å². The minimum absolute atomic E-state index is 0.00611. The summed E-state index contributed by atoms with van der Waals surface area (Å²) < 4.78 is 5.60. The molecule has 1 aromatic carbocycles. The van der Waals surface area contributed by atoms with E-state index in [1.165, 1.54) is 5.56 Å². The third-order valence-corrected chi connectivity index (χ3v) is 5.36. The van der Waals surface area contributed by atoms with Crippen LogP contribution < -0.4 is 16.4 Å². The summed E-state index contributed by atoms with van der Waals surface area (Å²) in [5.41, 5.74) is 8.44. The first kappa shape index (κ1) is 21.8. The second kappa shape index (κ2) is 10.8. The van der Waals surface area contributed by atoms with Gasteiger partial charge in [0.2, 0.25) is 11.8 Å². The molecule has 8 heteroatoms. The number of nitrogens with zero attached hydrogens (tertiary/aromatic N) is 3. The summed E-state index contributed by atoms with van der Waals surface area (Å²) in [5.74, 6) is 1.16. The highest BCUT2D eigenvalue weighted by Crippen LogP contribution is 2.19. The third kappa shape index (κ3) is 6.32. The third-order valence-electron chi connectivity index (χ3n) is 5.36. The SMILES string of the molecule is CN=C(NCCCN1CCCC(C(N)=O)C1)NCc1coc(-c2ccc(C)cc2)n1. The molecule has 0 spiro atoms. The Morgan fingerprint density at radius 3 is 2.87 bits per heavy atom. The van der Waals surface area contributed by atoms with Gasteiger partial charge in [-0.3, -0.25) is 9.79 Å². The molecule has 1 fully saturated rings. The molecule has 3 rings (SSSR count). The first-order valence-corrected chi connectivity index (χ1v) is 10.5. The maximum absolute atomic E-state index is 11.4. The zero-order valence-electron chi connectivity index (χ0n) is 17.9. The molecule has 0 bridgehead atoms. The Bertz CT molecular complexity index is 846. The van der Waals surface area contributed by atoms with Crippen molar-refractivity contribution in [3.05, 3.63) is 41.8 Å². The van der Waals surface area contributed by atoms with E-state index in [2.05, 4.69) is 32.4 Å². The number of likely N-dealkylation sites (tertiary alicyclic amines) is 1. The van der Waals surface area contributed by atoms with Crippen molar-refractivity contribution in [2.45, 2.75) is 32.7 Å². The van der Waals surface area contributed by atoms with Crippen LogP contribution in [0.15, 0.2) is 39.9 Å². The number of amides is 1. The van der Waals surface area contributed by atoms with Crippen LogP contribution in [-0.2, 0) is 11.3 Å². The first-order chi connectivity index (χ1) is 14.5. The number of piperidine rings is 1. The smallest absolute Gasteiger partial charge is 0.226 e. The highest BCUT2D eigenvalue weighted by atomic mass is 16.3. The van der Waals surface area contributed by atoms with Gasteiger partial charge >= 0.3 is 0 Å². The molecule has 1 saturated heterocycles. The number of primary amides is 1. The van der Waals surface area contributed by atoms with Gasteiger partial charge in [0.1, 0.15) is 6.26 Å². The van der Waals surface area contributed by atoms with Crippen LogP contribution in [-0.4, -0.2) is 55.0 Å². The predicted octanol–water partition coefficient (Wildman–Crippen LogP) is 1.90. The monoisotopic (exact) mass is 412 g/mol. The minimum Gasteiger partial charge on any atom is -0.444 e. The van der Waals surface area contributed by atoms with Crippen molar-refractivity contribution < 1.29 is 9.21 Å². The number of oxazole rings is 1. The van der Waals surface area contributed by atoms with Crippen LogP contribution in [0.25, 0.3) is 11.5 Å². The van der Waals surface area contributed by atoms with Crippen LogP contribution in [0.1, 0.15) is 30.5 Å². The standard InChI is InChI=1S/C22H32N6O2/c1-16-6-8-17(9-7-16)21-27-19(15-30-21)13-26-22(24-2)25-10-4-12-28-11-3-5-18(14-28)20(23)29/h6-9,15,18H,3-5,10-14H2,1-2H3,(H2,23,29)(H2,24,25,26). The van der Waals surface area contributed by atoms with Gasteiger partial charge < -0.3 is 25.7 Å². The number of rotatable bonds is 8. The van der Waals surface area contributed by atoms with Gasteiger partial charge in [-0.25, -0.2) is 4.98 Å². The van der Waals surface area contributed by atoms with Crippen LogP contribution in [0, 0.1) is 12.8 Å². The van der Waals surface area contributed by atoms with E-state index in [0.717, 1.165) is 62.7 Å². The van der Waals surface area contributed by atoms with Crippen LogP contribution in [0.5, 0.6) is 0 Å². The number of nitrogens with one attached hydrogen (secondary N) is 2. The molecule has 1 aliphatic heterocycles. The topological polar surface area (TPSA) is 109 Å². The number of hydrogen-bond donors (Lipinski definition) is 3. The Morgan fingerprint density at radius 1 is 1.33 bits per heavy atom. The van der Waals surface area contributed by atoms with Crippen LogP contribution in [0.2, 0.25) is 0 Å². The Labute approximate surface area is 177 Å². The molecule has 0 saturated carbocycles. The lowest BCUT2D eigenvalue weighted by molar-refractivity contribution is -0.123. The molecule has 2 aromatic rings. The van der Waals surface area contributed by atoms with Crippen LogP contribution in [0.4, 0.5) is 0 Å². The van der Waals surface area contributed by atoms with E-state index in [0.29, 0.717) is 12.4 Å². The van der Waals surface area contributed by atoms with Gasteiger partial charge in [0.05, 0.1) is 18.2 Å². The fourth-order valence-electron chi connectivity index (χ4n) is 3.61. The molecule has 8 nitrogen and oxygen atoms in total. The average molecular weight is 413 g/mol. The number of nitrogens with two attached hydrogens (primary N) is 1. The number of carbonyl (C=O) groups excluding carboxylic acids is 1. The van der Waals surface area contributed by atoms with E-state index in [-0.39, 0.29) is 11.8 Å². The van der Waals surface area contributed by atoms with E-state index < -0.39 is 0 Å². The summed E-state index contributed by atoms with van der Waals surface area (Å²) in [4.78, 5) is 22.5. The summed E-state index contributed by atoms with van der Waals surface area (Å²) in [6.07, 6.45) is 4.58. The molecule has 1 aromatic heterocycles. The van der Waals surface area contributed by atoms with Crippen molar-refractivity contribution in [3.63, 3.8) is 0 Å². The first-order valence-electron chi connectivity index (χ1n) is 10.5. The summed E-state index contributed by atoms with van der Waals surface area (Å²) in [5, 5.41) is 6.58. The molecule has 1 aliphatic rings. The van der Waals surface area contributed by atoms with E-state index in [1.54, 1.807) is 13.3 Å². The Hall–Kier alpha value is -2.87. The minimum atomic E-state index is -0.180. The summed E-state index contributed by atoms with van der Waals surface area (Å²) >= 11 is 0. The van der Waals surface area contributed by atoms with Gasteiger partial charge in [0.15, 0.2) is 5.96 Å². The van der Waals surface area contributed by atoms with Gasteiger partial charge in [-0.15, -0.1) is 0 Å². The quantitative estimate of drug-likeness (QED) is 0.347. The lowest BCUT2D eigenvalue weighted by Gasteiger charge is -2.31. The number of aliphatic imine (C=N–C) groups is 1. The molecular weight excluding hydrogens is 380 g/mol. The Morgan fingerprint density at radius 2 is 2.13 bits per heavy atom. The Balaban J connectivity index is 1.38. The lowest BCUT2D eigenvalue weighted by Crippen LogP contribution is -2.42. The van der Waals surface area contributed by atoms with Gasteiger partial charge in [0, 0.05) is 25.7 Å². The van der Waals surface area contributed by atoms with Gasteiger partial charge in [-0.05, 0) is 51.4 Å². The summed E-state index contributed by atoms with van der Waals surface area (Å²) in [6.45, 7) is 6.13.